The second-order valence-electron chi connectivity index (χ2n) is 4.41. The molecular formula is C16H16NO3. The van der Waals surface area contributed by atoms with Gasteiger partial charge in [0.05, 0.1) is 13.0 Å². The van der Waals surface area contributed by atoms with Gasteiger partial charge in [-0.05, 0) is 31.2 Å². The number of hydrogen-bond donors (Lipinski definition) is 1. The Hall–Kier alpha value is -1.84. The number of nitrogens with one attached hydrogen (secondary N) is 1. The fourth-order valence-electron chi connectivity index (χ4n) is 1.95. The Morgan fingerprint density at radius 1 is 1.15 bits per heavy atom. The van der Waals surface area contributed by atoms with Gasteiger partial charge in [-0.15, -0.1) is 0 Å². The summed E-state index contributed by atoms with van der Waals surface area (Å²) in [5.74, 6) is -0.193. The van der Waals surface area contributed by atoms with Crippen molar-refractivity contribution in [1.29, 1.82) is 0 Å². The first-order chi connectivity index (χ1) is 9.70. The van der Waals surface area contributed by atoms with E-state index in [0.717, 1.165) is 5.56 Å². The molecule has 1 saturated carbocycles. The van der Waals surface area contributed by atoms with Gasteiger partial charge in [-0.2, -0.15) is 0 Å². The molecule has 0 bridgehead atoms. The number of benzene rings is 1. The van der Waals surface area contributed by atoms with Crippen LogP contribution in [0, 0.1) is 31.6 Å². The topological polar surface area (TPSA) is 55.4 Å². The number of esters is 1. The van der Waals surface area contributed by atoms with Crippen LogP contribution in [-0.2, 0) is 20.7 Å². The molecule has 4 heteroatoms. The molecule has 4 nitrogen and oxygen atoms in total. The molecule has 0 aliphatic heterocycles. The van der Waals surface area contributed by atoms with Gasteiger partial charge in [0.2, 0.25) is 5.91 Å². The number of rotatable bonds is 5. The minimum atomic E-state index is -0.690. The van der Waals surface area contributed by atoms with Gasteiger partial charge in [-0.1, -0.05) is 30.3 Å². The third kappa shape index (κ3) is 3.83. The highest BCUT2D eigenvalue weighted by atomic mass is 16.5. The minimum absolute atomic E-state index is 0.277. The van der Waals surface area contributed by atoms with E-state index in [1.165, 1.54) is 7.11 Å². The van der Waals surface area contributed by atoms with Crippen LogP contribution in [0.5, 0.6) is 0 Å². The Bertz CT molecular complexity index is 452. The van der Waals surface area contributed by atoms with Crippen LogP contribution in [0.3, 0.4) is 0 Å². The lowest BCUT2D eigenvalue weighted by Crippen LogP contribution is -2.44. The fourth-order valence-corrected chi connectivity index (χ4v) is 1.95. The summed E-state index contributed by atoms with van der Waals surface area (Å²) < 4.78 is 4.75. The Labute approximate surface area is 119 Å². The average molecular weight is 270 g/mol. The van der Waals surface area contributed by atoms with Crippen LogP contribution >= 0.6 is 0 Å². The van der Waals surface area contributed by atoms with Crippen molar-refractivity contribution in [3.8, 4) is 0 Å². The van der Waals surface area contributed by atoms with Crippen LogP contribution in [-0.4, -0.2) is 25.0 Å². The van der Waals surface area contributed by atoms with E-state index in [0.29, 0.717) is 12.3 Å². The molecule has 2 rings (SSSR count). The second kappa shape index (κ2) is 7.08. The molecule has 1 aromatic rings. The molecule has 0 heterocycles. The fraction of sp³-hybridized carbons (Fsp3) is 0.188. The molecule has 20 heavy (non-hydrogen) atoms. The Morgan fingerprint density at radius 2 is 1.80 bits per heavy atom. The van der Waals surface area contributed by atoms with Gasteiger partial charge in [0, 0.05) is 6.42 Å². The van der Waals surface area contributed by atoms with Crippen molar-refractivity contribution in [3.63, 3.8) is 0 Å². The highest BCUT2D eigenvalue weighted by molar-refractivity contribution is 5.98. The van der Waals surface area contributed by atoms with Crippen LogP contribution in [0.15, 0.2) is 30.3 Å². The van der Waals surface area contributed by atoms with Gasteiger partial charge < -0.3 is 10.1 Å². The standard InChI is InChI=1S/C16H16NO3/c1-20-16(19)14(11-12-7-3-2-4-8-12)17-15(18)13-9-5-6-10-13/h2-10,14H,11H2,1H3,(H,17,18)/t14-/m1/s1. The molecule has 1 aliphatic carbocycles. The molecule has 1 aromatic carbocycles. The largest absolute Gasteiger partial charge is 0.467 e. The SMILES string of the molecule is COC(=O)[C@@H](Cc1ccccc1)NC(=O)[C]1[CH][CH][CH][CH]1. The third-order valence-corrected chi connectivity index (χ3v) is 3.00. The van der Waals surface area contributed by atoms with E-state index in [1.54, 1.807) is 25.7 Å². The molecule has 103 valence electrons. The summed E-state index contributed by atoms with van der Waals surface area (Å²) >= 11 is 0. The van der Waals surface area contributed by atoms with E-state index in [-0.39, 0.29) is 5.91 Å². The number of amides is 1. The highest BCUT2D eigenvalue weighted by Crippen LogP contribution is 2.23. The van der Waals surface area contributed by atoms with E-state index >= 15 is 0 Å². The van der Waals surface area contributed by atoms with E-state index in [1.807, 2.05) is 30.3 Å². The van der Waals surface area contributed by atoms with Crippen LogP contribution in [0.2, 0.25) is 0 Å². The average Bonchev–Trinajstić information content (AvgIpc) is 3.01. The molecule has 1 N–H and O–H groups in total. The first kappa shape index (κ1) is 14.6. The van der Waals surface area contributed by atoms with Crippen LogP contribution in [0.4, 0.5) is 0 Å². The lowest BCUT2D eigenvalue weighted by molar-refractivity contribution is -0.144. The van der Waals surface area contributed by atoms with E-state index in [2.05, 4.69) is 5.32 Å². The first-order valence-electron chi connectivity index (χ1n) is 6.35. The second-order valence-corrected chi connectivity index (χ2v) is 4.41. The van der Waals surface area contributed by atoms with Crippen LogP contribution < -0.4 is 5.32 Å². The molecule has 0 aromatic heterocycles. The van der Waals surface area contributed by atoms with Crippen molar-refractivity contribution >= 4 is 11.9 Å². The van der Waals surface area contributed by atoms with E-state index in [9.17, 15) is 9.59 Å². The molecule has 5 radical (unpaired) electrons. The molecule has 1 amide bonds. The molecular weight excluding hydrogens is 254 g/mol. The van der Waals surface area contributed by atoms with Gasteiger partial charge in [-0.25, -0.2) is 4.79 Å². The van der Waals surface area contributed by atoms with Crippen LogP contribution in [0.25, 0.3) is 0 Å². The molecule has 1 aliphatic rings. The molecule has 1 fully saturated rings. The maximum atomic E-state index is 12.0. The van der Waals surface area contributed by atoms with Crippen LogP contribution in [0.1, 0.15) is 5.56 Å². The number of ether oxygens (including phenoxy) is 1. The number of methoxy groups -OCH3 is 1. The highest BCUT2D eigenvalue weighted by Gasteiger charge is 2.29. The maximum absolute atomic E-state index is 12.0. The van der Waals surface area contributed by atoms with Crippen molar-refractivity contribution in [3.05, 3.63) is 67.5 Å². The van der Waals surface area contributed by atoms with Crippen molar-refractivity contribution in [1.82, 2.24) is 5.32 Å². The van der Waals surface area contributed by atoms with Gasteiger partial charge in [0.15, 0.2) is 0 Å². The van der Waals surface area contributed by atoms with Crippen molar-refractivity contribution in [2.24, 2.45) is 0 Å². The summed E-state index contributed by atoms with van der Waals surface area (Å²) in [6, 6.07) is 8.81. The lowest BCUT2D eigenvalue weighted by Gasteiger charge is -2.18. The van der Waals surface area contributed by atoms with Crippen molar-refractivity contribution < 1.29 is 14.3 Å². The molecule has 0 unspecified atom stereocenters. The number of carbonyl (C=O) groups excluding carboxylic acids is 2. The predicted octanol–water partition coefficient (Wildman–Crippen LogP) is 1.29. The molecule has 0 saturated heterocycles. The first-order valence-corrected chi connectivity index (χ1v) is 6.35. The van der Waals surface area contributed by atoms with Gasteiger partial charge >= 0.3 is 5.97 Å². The third-order valence-electron chi connectivity index (χ3n) is 3.00. The number of carbonyl (C=O) groups is 2. The van der Waals surface area contributed by atoms with Crippen molar-refractivity contribution in [2.45, 2.75) is 12.5 Å². The summed E-state index contributed by atoms with van der Waals surface area (Å²) in [5, 5.41) is 2.71. The predicted molar refractivity (Wildman–Crippen MR) is 74.5 cm³/mol. The summed E-state index contributed by atoms with van der Waals surface area (Å²) in [6.07, 6.45) is 7.36. The zero-order valence-corrected chi connectivity index (χ0v) is 11.2. The number of hydrogen-bond acceptors (Lipinski definition) is 3. The molecule has 1 atom stereocenters. The Balaban J connectivity index is 2.00. The monoisotopic (exact) mass is 270 g/mol. The smallest absolute Gasteiger partial charge is 0.328 e. The summed E-state index contributed by atoms with van der Waals surface area (Å²) in [4.78, 5) is 23.8. The van der Waals surface area contributed by atoms with Gasteiger partial charge in [-0.3, -0.25) is 4.79 Å². The minimum Gasteiger partial charge on any atom is -0.467 e. The Morgan fingerprint density at radius 3 is 2.40 bits per heavy atom. The van der Waals surface area contributed by atoms with E-state index in [4.69, 9.17) is 4.74 Å². The summed E-state index contributed by atoms with van der Waals surface area (Å²) in [6.45, 7) is 0. The maximum Gasteiger partial charge on any atom is 0.328 e. The normalized spacial score (nSPS) is 16.6. The van der Waals surface area contributed by atoms with E-state index < -0.39 is 12.0 Å². The lowest BCUT2D eigenvalue weighted by atomic mass is 10.0. The van der Waals surface area contributed by atoms with Gasteiger partial charge in [0.1, 0.15) is 6.04 Å². The molecule has 0 spiro atoms. The summed E-state index contributed by atoms with van der Waals surface area (Å²) in [5.41, 5.74) is 0.964. The summed E-state index contributed by atoms with van der Waals surface area (Å²) in [7, 11) is 1.31. The quantitative estimate of drug-likeness (QED) is 0.820. The van der Waals surface area contributed by atoms with Gasteiger partial charge in [0.25, 0.3) is 0 Å². The van der Waals surface area contributed by atoms with Crippen molar-refractivity contribution in [2.75, 3.05) is 7.11 Å². The zero-order valence-electron chi connectivity index (χ0n) is 11.2. The zero-order chi connectivity index (χ0) is 14.4. The Kier molecular flexibility index (Phi) is 5.16.